The second-order valence-electron chi connectivity index (χ2n) is 7.09. The van der Waals surface area contributed by atoms with Crippen LogP contribution in [0.4, 0.5) is 0 Å². The fourth-order valence-electron chi connectivity index (χ4n) is 3.56. The molecule has 3 aromatic rings. The summed E-state index contributed by atoms with van der Waals surface area (Å²) in [6.07, 6.45) is 0.729. The van der Waals surface area contributed by atoms with Gasteiger partial charge in [0.2, 0.25) is 5.91 Å². The third kappa shape index (κ3) is 3.56. The van der Waals surface area contributed by atoms with E-state index >= 15 is 0 Å². The van der Waals surface area contributed by atoms with Crippen molar-refractivity contribution < 1.29 is 4.79 Å². The van der Waals surface area contributed by atoms with E-state index in [1.807, 2.05) is 57.6 Å². The van der Waals surface area contributed by atoms with Crippen molar-refractivity contribution in [2.24, 2.45) is 7.05 Å². The number of carbonyl (C=O) groups is 1. The van der Waals surface area contributed by atoms with Crippen molar-refractivity contribution in [2.45, 2.75) is 46.6 Å². The molecule has 0 fully saturated rings. The van der Waals surface area contributed by atoms with E-state index in [0.29, 0.717) is 24.2 Å². The standard InChI is InChI=1S/C21H27N5O2/c1-6-26-21(28)18-10-8-7-9-17(18)19(24-26)13(2)20(27)22-12-11-16-14(3)23-25(5)15(16)4/h7-10,13H,6,11-12H2,1-5H3,(H,22,27)/t13-/m1/s1. The molecule has 0 saturated carbocycles. The van der Waals surface area contributed by atoms with Crippen LogP contribution in [-0.2, 0) is 24.8 Å². The van der Waals surface area contributed by atoms with E-state index in [1.165, 1.54) is 10.2 Å². The second kappa shape index (κ2) is 7.96. The Morgan fingerprint density at radius 3 is 2.46 bits per heavy atom. The third-order valence-electron chi connectivity index (χ3n) is 5.33. The van der Waals surface area contributed by atoms with Gasteiger partial charge in [0.25, 0.3) is 5.56 Å². The van der Waals surface area contributed by atoms with Gasteiger partial charge >= 0.3 is 0 Å². The van der Waals surface area contributed by atoms with Crippen LogP contribution in [0.5, 0.6) is 0 Å². The smallest absolute Gasteiger partial charge is 0.274 e. The van der Waals surface area contributed by atoms with E-state index in [4.69, 9.17) is 0 Å². The molecule has 148 valence electrons. The van der Waals surface area contributed by atoms with Gasteiger partial charge in [0, 0.05) is 31.2 Å². The van der Waals surface area contributed by atoms with Gasteiger partial charge < -0.3 is 5.32 Å². The molecule has 0 aliphatic heterocycles. The van der Waals surface area contributed by atoms with E-state index in [0.717, 1.165) is 23.2 Å². The molecule has 0 spiro atoms. The summed E-state index contributed by atoms with van der Waals surface area (Å²) < 4.78 is 3.28. The summed E-state index contributed by atoms with van der Waals surface area (Å²) >= 11 is 0. The summed E-state index contributed by atoms with van der Waals surface area (Å²) in [4.78, 5) is 25.3. The molecule has 1 atom stereocenters. The molecule has 3 rings (SSSR count). The molecule has 0 radical (unpaired) electrons. The van der Waals surface area contributed by atoms with E-state index in [-0.39, 0.29) is 11.5 Å². The maximum Gasteiger partial charge on any atom is 0.274 e. The van der Waals surface area contributed by atoms with E-state index in [2.05, 4.69) is 15.5 Å². The van der Waals surface area contributed by atoms with Crippen LogP contribution in [-0.4, -0.2) is 32.0 Å². The zero-order chi connectivity index (χ0) is 20.4. The van der Waals surface area contributed by atoms with Crippen molar-refractivity contribution in [3.63, 3.8) is 0 Å². The van der Waals surface area contributed by atoms with Gasteiger partial charge in [-0.2, -0.15) is 10.2 Å². The number of nitrogens with one attached hydrogen (secondary N) is 1. The van der Waals surface area contributed by atoms with Crippen molar-refractivity contribution >= 4 is 16.7 Å². The average molecular weight is 381 g/mol. The Balaban J connectivity index is 1.80. The van der Waals surface area contributed by atoms with Crippen LogP contribution in [0.1, 0.15) is 42.4 Å². The highest BCUT2D eigenvalue weighted by molar-refractivity contribution is 5.91. The van der Waals surface area contributed by atoms with E-state index < -0.39 is 5.92 Å². The third-order valence-corrected chi connectivity index (χ3v) is 5.33. The van der Waals surface area contributed by atoms with E-state index in [1.54, 1.807) is 6.07 Å². The maximum absolute atomic E-state index is 12.8. The molecular weight excluding hydrogens is 354 g/mol. The summed E-state index contributed by atoms with van der Waals surface area (Å²) in [6, 6.07) is 7.33. The summed E-state index contributed by atoms with van der Waals surface area (Å²) in [5, 5.41) is 13.2. The van der Waals surface area contributed by atoms with Crippen LogP contribution in [0.2, 0.25) is 0 Å². The lowest BCUT2D eigenvalue weighted by molar-refractivity contribution is -0.122. The number of hydrogen-bond acceptors (Lipinski definition) is 4. The van der Waals surface area contributed by atoms with E-state index in [9.17, 15) is 9.59 Å². The van der Waals surface area contributed by atoms with Gasteiger partial charge in [-0.15, -0.1) is 0 Å². The maximum atomic E-state index is 12.8. The molecule has 2 heterocycles. The van der Waals surface area contributed by atoms with Crippen molar-refractivity contribution in [3.05, 3.63) is 57.3 Å². The summed E-state index contributed by atoms with van der Waals surface area (Å²) in [5.74, 6) is -0.558. The molecule has 7 heteroatoms. The lowest BCUT2D eigenvalue weighted by atomic mass is 10.0. The van der Waals surface area contributed by atoms with Crippen LogP contribution in [0.3, 0.4) is 0 Å². The highest BCUT2D eigenvalue weighted by atomic mass is 16.2. The van der Waals surface area contributed by atoms with Gasteiger partial charge in [-0.05, 0) is 45.7 Å². The zero-order valence-corrected chi connectivity index (χ0v) is 17.1. The second-order valence-corrected chi connectivity index (χ2v) is 7.09. The van der Waals surface area contributed by atoms with Crippen molar-refractivity contribution in [3.8, 4) is 0 Å². The number of carbonyl (C=O) groups excluding carboxylic acids is 1. The summed E-state index contributed by atoms with van der Waals surface area (Å²) in [5.41, 5.74) is 3.77. The number of benzene rings is 1. The molecule has 1 aromatic carbocycles. The van der Waals surface area contributed by atoms with Crippen LogP contribution >= 0.6 is 0 Å². The molecule has 0 bridgehead atoms. The Morgan fingerprint density at radius 2 is 1.86 bits per heavy atom. The molecule has 0 saturated heterocycles. The normalized spacial score (nSPS) is 12.3. The van der Waals surface area contributed by atoms with Gasteiger partial charge in [0.1, 0.15) is 0 Å². The minimum atomic E-state index is -0.459. The first-order valence-electron chi connectivity index (χ1n) is 9.61. The number of nitrogens with zero attached hydrogens (tertiary/aromatic N) is 4. The largest absolute Gasteiger partial charge is 0.355 e. The van der Waals surface area contributed by atoms with Gasteiger partial charge in [0.15, 0.2) is 0 Å². The molecule has 1 N–H and O–H groups in total. The number of fused-ring (bicyclic) bond motifs is 1. The number of amides is 1. The van der Waals surface area contributed by atoms with Crippen LogP contribution in [0.15, 0.2) is 29.1 Å². The Bertz CT molecular complexity index is 1080. The van der Waals surface area contributed by atoms with Crippen LogP contribution in [0.25, 0.3) is 10.8 Å². The van der Waals surface area contributed by atoms with Gasteiger partial charge in [0.05, 0.1) is 22.7 Å². The monoisotopic (exact) mass is 381 g/mol. The van der Waals surface area contributed by atoms with Gasteiger partial charge in [-0.3, -0.25) is 14.3 Å². The number of aromatic nitrogens is 4. The minimum Gasteiger partial charge on any atom is -0.355 e. The quantitative estimate of drug-likeness (QED) is 0.710. The molecule has 2 aromatic heterocycles. The summed E-state index contributed by atoms with van der Waals surface area (Å²) in [6.45, 7) is 8.71. The van der Waals surface area contributed by atoms with Gasteiger partial charge in [-0.25, -0.2) is 4.68 Å². The predicted molar refractivity (Wildman–Crippen MR) is 109 cm³/mol. The Labute approximate surface area is 164 Å². The lowest BCUT2D eigenvalue weighted by Gasteiger charge is -2.15. The highest BCUT2D eigenvalue weighted by Crippen LogP contribution is 2.21. The predicted octanol–water partition coefficient (Wildman–Crippen LogP) is 2.23. The van der Waals surface area contributed by atoms with Crippen molar-refractivity contribution in [1.29, 1.82) is 0 Å². The van der Waals surface area contributed by atoms with Crippen molar-refractivity contribution in [1.82, 2.24) is 24.9 Å². The Kier molecular flexibility index (Phi) is 5.63. The van der Waals surface area contributed by atoms with Crippen molar-refractivity contribution in [2.75, 3.05) is 6.54 Å². The first-order valence-corrected chi connectivity index (χ1v) is 9.61. The Hall–Kier alpha value is -2.96. The number of hydrogen-bond donors (Lipinski definition) is 1. The average Bonchev–Trinajstić information content (AvgIpc) is 2.93. The Morgan fingerprint density at radius 1 is 1.18 bits per heavy atom. The molecule has 0 aliphatic carbocycles. The minimum absolute atomic E-state index is 0.0989. The lowest BCUT2D eigenvalue weighted by Crippen LogP contribution is -2.32. The highest BCUT2D eigenvalue weighted by Gasteiger charge is 2.21. The number of aryl methyl sites for hydroxylation is 3. The first-order chi connectivity index (χ1) is 13.3. The SMILES string of the molecule is CCn1nc([C@@H](C)C(=O)NCCc2c(C)nn(C)c2C)c2ccccc2c1=O. The molecular formula is C21H27N5O2. The molecule has 0 aliphatic rings. The first kappa shape index (κ1) is 19.8. The van der Waals surface area contributed by atoms with Gasteiger partial charge in [-0.1, -0.05) is 18.2 Å². The fourth-order valence-corrected chi connectivity index (χ4v) is 3.56. The zero-order valence-electron chi connectivity index (χ0n) is 17.1. The number of rotatable bonds is 6. The van der Waals surface area contributed by atoms with Crippen LogP contribution in [0, 0.1) is 13.8 Å². The molecule has 0 unspecified atom stereocenters. The summed E-state index contributed by atoms with van der Waals surface area (Å²) in [7, 11) is 1.92. The molecule has 7 nitrogen and oxygen atoms in total. The topological polar surface area (TPSA) is 81.8 Å². The molecule has 1 amide bonds. The van der Waals surface area contributed by atoms with Crippen LogP contribution < -0.4 is 10.9 Å². The molecule has 28 heavy (non-hydrogen) atoms. The fraction of sp³-hybridized carbons (Fsp3) is 0.429.